The van der Waals surface area contributed by atoms with E-state index < -0.39 is 5.89 Å². The second kappa shape index (κ2) is 4.70. The molecule has 0 saturated heterocycles. The number of aryl methyl sites for hydroxylation is 2. The van der Waals surface area contributed by atoms with E-state index in [0.29, 0.717) is 0 Å². The number of nitrogens with zero attached hydrogens (tertiary/aromatic N) is 1. The second-order valence-corrected chi connectivity index (χ2v) is 4.70. The van der Waals surface area contributed by atoms with Crippen LogP contribution < -0.4 is 4.57 Å². The molecule has 1 heterocycles. The largest absolute Gasteiger partial charge is 0.215 e. The molecule has 0 saturated carbocycles. The number of benzene rings is 1. The lowest BCUT2D eigenvalue weighted by Crippen LogP contribution is -2.32. The first-order valence-electron chi connectivity index (χ1n) is 6.46. The molecule has 1 aromatic carbocycles. The van der Waals surface area contributed by atoms with Crippen LogP contribution in [0.4, 0.5) is 0 Å². The lowest BCUT2D eigenvalue weighted by Gasteiger charge is -2.11. The number of aromatic nitrogens is 1. The van der Waals surface area contributed by atoms with Crippen molar-refractivity contribution in [2.75, 3.05) is 0 Å². The van der Waals surface area contributed by atoms with E-state index in [2.05, 4.69) is 35.8 Å². The Morgan fingerprint density at radius 1 is 1.12 bits per heavy atom. The Morgan fingerprint density at radius 3 is 2.47 bits per heavy atom. The van der Waals surface area contributed by atoms with Gasteiger partial charge in [-0.25, -0.2) is 4.57 Å². The van der Waals surface area contributed by atoms with Crippen LogP contribution in [0.3, 0.4) is 0 Å². The summed E-state index contributed by atoms with van der Waals surface area (Å²) in [6.45, 7) is 5.98. The highest BCUT2D eigenvalue weighted by molar-refractivity contribution is 5.64. The molecule has 1 aromatic heterocycles. The predicted octanol–water partition coefficient (Wildman–Crippen LogP) is 3.61. The quantitative estimate of drug-likeness (QED) is 0.690. The average Bonchev–Trinajstić information content (AvgIpc) is 2.29. The van der Waals surface area contributed by atoms with Gasteiger partial charge >= 0.3 is 0 Å². The molecule has 0 spiro atoms. The van der Waals surface area contributed by atoms with Crippen molar-refractivity contribution in [3.63, 3.8) is 0 Å². The Labute approximate surface area is 105 Å². The summed E-state index contributed by atoms with van der Waals surface area (Å²) >= 11 is 0. The summed E-state index contributed by atoms with van der Waals surface area (Å²) in [4.78, 5) is 0. The molecule has 0 aliphatic rings. The van der Waals surface area contributed by atoms with Crippen LogP contribution in [0.1, 0.15) is 32.2 Å². The molecular weight excluding hydrogens is 206 g/mol. The third-order valence-electron chi connectivity index (χ3n) is 3.12. The van der Waals surface area contributed by atoms with Gasteiger partial charge in [0.15, 0.2) is 6.20 Å². The van der Waals surface area contributed by atoms with Crippen molar-refractivity contribution in [3.05, 3.63) is 53.7 Å². The van der Waals surface area contributed by atoms with Gasteiger partial charge in [0, 0.05) is 18.6 Å². The Morgan fingerprint density at radius 2 is 1.82 bits per heavy atom. The van der Waals surface area contributed by atoms with Crippen molar-refractivity contribution in [3.8, 4) is 11.3 Å². The molecule has 2 aromatic rings. The SMILES string of the molecule is [2H]C(C)(C)c1ccc[n+](C)c1-c1ccccc1C. The van der Waals surface area contributed by atoms with Gasteiger partial charge in [0.2, 0.25) is 5.69 Å². The summed E-state index contributed by atoms with van der Waals surface area (Å²) in [7, 11) is 2.04. The Kier molecular flexibility index (Phi) is 2.91. The zero-order chi connectivity index (χ0) is 13.3. The van der Waals surface area contributed by atoms with Gasteiger partial charge in [-0.15, -0.1) is 0 Å². The van der Waals surface area contributed by atoms with Crippen LogP contribution in [0.25, 0.3) is 11.3 Å². The van der Waals surface area contributed by atoms with Gasteiger partial charge in [-0.05, 0) is 30.5 Å². The first kappa shape index (κ1) is 10.5. The van der Waals surface area contributed by atoms with Gasteiger partial charge in [-0.2, -0.15) is 0 Å². The van der Waals surface area contributed by atoms with Gasteiger partial charge in [0.25, 0.3) is 0 Å². The van der Waals surface area contributed by atoms with Crippen LogP contribution in [0.2, 0.25) is 0 Å². The zero-order valence-electron chi connectivity index (χ0n) is 12.0. The minimum Gasteiger partial charge on any atom is -0.201 e. The third kappa shape index (κ3) is 2.23. The molecule has 0 atom stereocenters. The highest BCUT2D eigenvalue weighted by atomic mass is 14.9. The maximum Gasteiger partial charge on any atom is 0.215 e. The monoisotopic (exact) mass is 227 g/mol. The predicted molar refractivity (Wildman–Crippen MR) is 71.9 cm³/mol. The normalized spacial score (nSPS) is 12.4. The van der Waals surface area contributed by atoms with Gasteiger partial charge in [-0.3, -0.25) is 0 Å². The molecular formula is C16H20N+. The van der Waals surface area contributed by atoms with Crippen LogP contribution >= 0.6 is 0 Å². The van der Waals surface area contributed by atoms with Gasteiger partial charge in [0.1, 0.15) is 7.05 Å². The first-order chi connectivity index (χ1) is 8.41. The third-order valence-corrected chi connectivity index (χ3v) is 3.12. The highest BCUT2D eigenvalue weighted by Crippen LogP contribution is 2.27. The summed E-state index contributed by atoms with van der Waals surface area (Å²) in [6, 6.07) is 12.4. The molecule has 0 bridgehead atoms. The molecule has 0 aliphatic heterocycles. The van der Waals surface area contributed by atoms with E-state index in [0.717, 1.165) is 11.3 Å². The van der Waals surface area contributed by atoms with Crippen LogP contribution in [-0.2, 0) is 7.05 Å². The van der Waals surface area contributed by atoms with Crippen molar-refractivity contribution in [1.82, 2.24) is 0 Å². The van der Waals surface area contributed by atoms with Crippen molar-refractivity contribution >= 4 is 0 Å². The fourth-order valence-corrected chi connectivity index (χ4v) is 2.19. The fraction of sp³-hybridized carbons (Fsp3) is 0.312. The topological polar surface area (TPSA) is 3.88 Å². The standard InChI is InChI=1S/C16H20N/c1-12(2)14-10-7-11-17(4)16(14)15-9-6-5-8-13(15)3/h5-12H,1-4H3/q+1/i12D. The van der Waals surface area contributed by atoms with Crippen molar-refractivity contribution in [2.45, 2.75) is 26.7 Å². The van der Waals surface area contributed by atoms with E-state index in [1.165, 1.54) is 11.1 Å². The van der Waals surface area contributed by atoms with Gasteiger partial charge in [0.05, 0.1) is 0 Å². The molecule has 0 aliphatic carbocycles. The number of hydrogen-bond acceptors (Lipinski definition) is 0. The molecule has 2 rings (SSSR count). The summed E-state index contributed by atoms with van der Waals surface area (Å²) in [5.41, 5.74) is 4.64. The minimum atomic E-state index is -0.601. The van der Waals surface area contributed by atoms with Gasteiger partial charge in [-0.1, -0.05) is 32.0 Å². The summed E-state index contributed by atoms with van der Waals surface area (Å²) in [5.74, 6) is -0.601. The van der Waals surface area contributed by atoms with E-state index in [-0.39, 0.29) is 0 Å². The maximum atomic E-state index is 8.32. The number of hydrogen-bond donors (Lipinski definition) is 0. The zero-order valence-corrected chi connectivity index (χ0v) is 11.0. The summed E-state index contributed by atoms with van der Waals surface area (Å²) < 4.78 is 10.4. The smallest absolute Gasteiger partial charge is 0.201 e. The number of pyridine rings is 1. The van der Waals surface area contributed by atoms with Crippen molar-refractivity contribution in [1.29, 1.82) is 0 Å². The van der Waals surface area contributed by atoms with Crippen LogP contribution in [-0.4, -0.2) is 0 Å². The van der Waals surface area contributed by atoms with Gasteiger partial charge < -0.3 is 0 Å². The van der Waals surface area contributed by atoms with E-state index in [1.807, 2.05) is 39.2 Å². The van der Waals surface area contributed by atoms with Crippen LogP contribution in [0.5, 0.6) is 0 Å². The summed E-state index contributed by atoms with van der Waals surface area (Å²) in [5, 5.41) is 0. The van der Waals surface area contributed by atoms with Crippen molar-refractivity contribution < 1.29 is 5.94 Å². The Bertz CT molecular complexity index is 568. The average molecular weight is 227 g/mol. The molecule has 17 heavy (non-hydrogen) atoms. The number of rotatable bonds is 2. The molecule has 0 fully saturated rings. The molecule has 0 unspecified atom stereocenters. The Hall–Kier alpha value is -1.63. The molecule has 0 N–H and O–H groups in total. The minimum absolute atomic E-state index is 0.601. The summed E-state index contributed by atoms with van der Waals surface area (Å²) in [6.07, 6.45) is 2.04. The molecule has 0 radical (unpaired) electrons. The van der Waals surface area contributed by atoms with E-state index in [1.54, 1.807) is 0 Å². The second-order valence-electron chi connectivity index (χ2n) is 4.70. The van der Waals surface area contributed by atoms with Crippen molar-refractivity contribution in [2.24, 2.45) is 7.05 Å². The highest BCUT2D eigenvalue weighted by Gasteiger charge is 2.18. The molecule has 0 amide bonds. The lowest BCUT2D eigenvalue weighted by molar-refractivity contribution is -0.660. The first-order valence-corrected chi connectivity index (χ1v) is 5.96. The van der Waals surface area contributed by atoms with E-state index in [4.69, 9.17) is 1.37 Å². The Balaban J connectivity index is 2.75. The molecule has 88 valence electrons. The molecule has 1 nitrogen and oxygen atoms in total. The van der Waals surface area contributed by atoms with Crippen LogP contribution in [0.15, 0.2) is 42.6 Å². The lowest BCUT2D eigenvalue weighted by atomic mass is 9.94. The van der Waals surface area contributed by atoms with Crippen LogP contribution in [0, 0.1) is 6.92 Å². The van der Waals surface area contributed by atoms with E-state index in [9.17, 15) is 0 Å². The maximum absolute atomic E-state index is 8.32. The fourth-order valence-electron chi connectivity index (χ4n) is 2.19. The molecule has 1 heteroatoms. The van der Waals surface area contributed by atoms with E-state index >= 15 is 0 Å².